The number of hydrogen-bond donors (Lipinski definition) is 4. The van der Waals surface area contributed by atoms with Crippen LogP contribution in [0, 0.1) is 18.8 Å². The lowest BCUT2D eigenvalue weighted by Crippen LogP contribution is -2.64. The van der Waals surface area contributed by atoms with E-state index in [9.17, 15) is 24.3 Å². The van der Waals surface area contributed by atoms with Crippen molar-refractivity contribution in [1.29, 1.82) is 0 Å². The number of hydrogen-bond acceptors (Lipinski definition) is 6. The van der Waals surface area contributed by atoms with Crippen molar-refractivity contribution < 1.29 is 24.3 Å². The van der Waals surface area contributed by atoms with Crippen LogP contribution in [-0.4, -0.2) is 69.8 Å². The first-order valence-electron chi connectivity index (χ1n) is 12.0. The van der Waals surface area contributed by atoms with Crippen LogP contribution in [-0.2, 0) is 14.4 Å². The zero-order valence-electron chi connectivity index (χ0n) is 19.1. The SMILES string of the molecule is Cc1csc2cc(C(=O)N3C4CCC(CC4)[C@H]3C(=O)N[C@@H](C[C@H]3CCNC3=O)C(=O)CO)[nH]c12. The lowest BCUT2D eigenvalue weighted by Gasteiger charge is -2.50. The Morgan fingerprint density at radius 2 is 2.00 bits per heavy atom. The number of amides is 3. The van der Waals surface area contributed by atoms with Crippen molar-refractivity contribution in [2.24, 2.45) is 11.8 Å². The number of Topliss-reactive ketones (excluding diaryl/α,β-unsaturated/α-hetero) is 1. The van der Waals surface area contributed by atoms with Gasteiger partial charge in [-0.25, -0.2) is 0 Å². The van der Waals surface area contributed by atoms with E-state index in [4.69, 9.17) is 0 Å². The van der Waals surface area contributed by atoms with Crippen molar-refractivity contribution in [2.75, 3.05) is 13.2 Å². The highest BCUT2D eigenvalue weighted by Crippen LogP contribution is 2.41. The molecule has 4 fully saturated rings. The standard InChI is InChI=1S/C24H30N4O5S/c1-12-11-34-19-9-17(26-20(12)19)24(33)28-15-4-2-13(3-5-15)21(28)23(32)27-16(18(30)10-29)8-14-6-7-25-22(14)31/h9,11,13-16,21,26,29H,2-8,10H2,1H3,(H,25,31)(H,27,32)/t13?,14-,15?,16+,21+/m1/s1. The molecule has 9 nitrogen and oxygen atoms in total. The molecule has 6 rings (SSSR count). The normalized spacial score (nSPS) is 27.1. The molecule has 1 aliphatic carbocycles. The maximum atomic E-state index is 13.6. The van der Waals surface area contributed by atoms with Crippen LogP contribution in [0.1, 0.15) is 54.6 Å². The number of aryl methyl sites for hydroxylation is 1. The van der Waals surface area contributed by atoms with Crippen LogP contribution < -0.4 is 10.6 Å². The molecule has 2 aromatic heterocycles. The highest BCUT2D eigenvalue weighted by Gasteiger charge is 2.48. The molecule has 34 heavy (non-hydrogen) atoms. The molecular weight excluding hydrogens is 456 g/mol. The van der Waals surface area contributed by atoms with Crippen LogP contribution in [0.3, 0.4) is 0 Å². The summed E-state index contributed by atoms with van der Waals surface area (Å²) in [5.41, 5.74) is 2.50. The van der Waals surface area contributed by atoms with E-state index in [1.807, 2.05) is 18.4 Å². The molecule has 2 aromatic rings. The molecule has 3 aliphatic heterocycles. The summed E-state index contributed by atoms with van der Waals surface area (Å²) in [5.74, 6) is -1.59. The fraction of sp³-hybridized carbons (Fsp3) is 0.583. The maximum Gasteiger partial charge on any atom is 0.271 e. The quantitative estimate of drug-likeness (QED) is 0.471. The number of rotatable bonds is 7. The van der Waals surface area contributed by atoms with Gasteiger partial charge in [0.1, 0.15) is 18.3 Å². The van der Waals surface area contributed by atoms with Crippen molar-refractivity contribution in [3.63, 3.8) is 0 Å². The van der Waals surface area contributed by atoms with Gasteiger partial charge in [0.2, 0.25) is 11.8 Å². The molecule has 4 aliphatic rings. The Morgan fingerprint density at radius 1 is 1.24 bits per heavy atom. The lowest BCUT2D eigenvalue weighted by atomic mass is 9.74. The number of aliphatic hydroxyl groups excluding tert-OH is 1. The highest BCUT2D eigenvalue weighted by atomic mass is 32.1. The predicted octanol–water partition coefficient (Wildman–Crippen LogP) is 1.49. The van der Waals surface area contributed by atoms with Crippen LogP contribution in [0.2, 0.25) is 0 Å². The molecule has 2 bridgehead atoms. The second-order valence-electron chi connectivity index (χ2n) is 9.76. The second kappa shape index (κ2) is 9.14. The number of nitrogens with zero attached hydrogens (tertiary/aromatic N) is 1. The van der Waals surface area contributed by atoms with Crippen LogP contribution in [0.4, 0.5) is 0 Å². The Labute approximate surface area is 201 Å². The van der Waals surface area contributed by atoms with Crippen LogP contribution in [0.5, 0.6) is 0 Å². The van der Waals surface area contributed by atoms with Gasteiger partial charge in [-0.1, -0.05) is 0 Å². The van der Waals surface area contributed by atoms with Crippen molar-refractivity contribution in [2.45, 2.75) is 63.6 Å². The monoisotopic (exact) mass is 486 g/mol. The molecule has 0 spiro atoms. The van der Waals surface area contributed by atoms with E-state index in [1.165, 1.54) is 0 Å². The van der Waals surface area contributed by atoms with Gasteiger partial charge in [0.25, 0.3) is 5.91 Å². The Hall–Kier alpha value is -2.72. The number of aliphatic hydroxyl groups is 1. The van der Waals surface area contributed by atoms with Gasteiger partial charge in [-0.3, -0.25) is 19.2 Å². The second-order valence-corrected chi connectivity index (χ2v) is 10.7. The zero-order chi connectivity index (χ0) is 24.0. The topological polar surface area (TPSA) is 132 Å². The lowest BCUT2D eigenvalue weighted by molar-refractivity contribution is -0.137. The maximum absolute atomic E-state index is 13.6. The molecule has 0 unspecified atom stereocenters. The third-order valence-corrected chi connectivity index (χ3v) is 8.74. The average Bonchev–Trinajstić information content (AvgIpc) is 3.55. The van der Waals surface area contributed by atoms with Crippen molar-refractivity contribution >= 4 is 45.1 Å². The summed E-state index contributed by atoms with van der Waals surface area (Å²) in [6.45, 7) is 1.82. The highest BCUT2D eigenvalue weighted by molar-refractivity contribution is 7.17. The molecule has 4 N–H and O–H groups in total. The number of piperidine rings is 2. The number of H-pyrrole nitrogens is 1. The number of carbonyl (C=O) groups is 4. The fourth-order valence-electron chi connectivity index (χ4n) is 5.86. The number of nitrogens with one attached hydrogen (secondary N) is 3. The van der Waals surface area contributed by atoms with Crippen LogP contribution in [0.15, 0.2) is 11.4 Å². The molecule has 5 heterocycles. The average molecular weight is 487 g/mol. The molecule has 3 saturated heterocycles. The number of carbonyl (C=O) groups excluding carboxylic acids is 4. The first-order valence-corrected chi connectivity index (χ1v) is 12.9. The van der Waals surface area contributed by atoms with Gasteiger partial charge in [-0.15, -0.1) is 11.3 Å². The van der Waals surface area contributed by atoms with Gasteiger partial charge < -0.3 is 25.6 Å². The first-order chi connectivity index (χ1) is 16.4. The summed E-state index contributed by atoms with van der Waals surface area (Å²) < 4.78 is 1.01. The van der Waals surface area contributed by atoms with Crippen molar-refractivity contribution in [3.8, 4) is 0 Å². The van der Waals surface area contributed by atoms with Crippen molar-refractivity contribution in [3.05, 3.63) is 22.7 Å². The molecule has 3 atom stereocenters. The van der Waals surface area contributed by atoms with Gasteiger partial charge in [0, 0.05) is 18.5 Å². The van der Waals surface area contributed by atoms with Gasteiger partial charge in [0.15, 0.2) is 5.78 Å². The van der Waals surface area contributed by atoms with E-state index in [2.05, 4.69) is 15.6 Å². The minimum absolute atomic E-state index is 0.0198. The Kier molecular flexibility index (Phi) is 6.20. The van der Waals surface area contributed by atoms with E-state index >= 15 is 0 Å². The summed E-state index contributed by atoms with van der Waals surface area (Å²) in [5, 5.41) is 17.1. The molecule has 182 valence electrons. The summed E-state index contributed by atoms with van der Waals surface area (Å²) in [7, 11) is 0. The molecule has 3 amide bonds. The molecule has 0 aromatic carbocycles. The number of aromatic amines is 1. The van der Waals surface area contributed by atoms with Gasteiger partial charge in [-0.05, 0) is 68.4 Å². The van der Waals surface area contributed by atoms with Crippen molar-refractivity contribution in [1.82, 2.24) is 20.5 Å². The van der Waals surface area contributed by atoms with Gasteiger partial charge >= 0.3 is 0 Å². The Morgan fingerprint density at radius 3 is 2.65 bits per heavy atom. The minimum Gasteiger partial charge on any atom is -0.389 e. The van der Waals surface area contributed by atoms with E-state index in [0.717, 1.165) is 41.5 Å². The number of aromatic nitrogens is 1. The minimum atomic E-state index is -0.956. The Bertz CT molecular complexity index is 1130. The fourth-order valence-corrected chi connectivity index (χ4v) is 6.80. The largest absolute Gasteiger partial charge is 0.389 e. The third kappa shape index (κ3) is 4.02. The number of ketones is 1. The molecule has 10 heteroatoms. The zero-order valence-corrected chi connectivity index (χ0v) is 20.0. The molecule has 1 saturated carbocycles. The summed E-state index contributed by atoms with van der Waals surface area (Å²) in [6.07, 6.45) is 4.17. The first kappa shape index (κ1) is 23.0. The summed E-state index contributed by atoms with van der Waals surface area (Å²) in [4.78, 5) is 56.6. The van der Waals surface area contributed by atoms with E-state index in [0.29, 0.717) is 18.7 Å². The number of fused-ring (bicyclic) bond motifs is 4. The van der Waals surface area contributed by atoms with Gasteiger partial charge in [-0.2, -0.15) is 0 Å². The smallest absolute Gasteiger partial charge is 0.271 e. The van der Waals surface area contributed by atoms with Crippen LogP contribution >= 0.6 is 11.3 Å². The van der Waals surface area contributed by atoms with E-state index < -0.39 is 24.5 Å². The van der Waals surface area contributed by atoms with Gasteiger partial charge in [0.05, 0.1) is 16.3 Å². The van der Waals surface area contributed by atoms with Crippen LogP contribution in [0.25, 0.3) is 10.2 Å². The Balaban J connectivity index is 1.38. The predicted molar refractivity (Wildman–Crippen MR) is 126 cm³/mol. The summed E-state index contributed by atoms with van der Waals surface area (Å²) in [6, 6.07) is 0.197. The summed E-state index contributed by atoms with van der Waals surface area (Å²) >= 11 is 1.58. The third-order valence-electron chi connectivity index (χ3n) is 7.70. The molecule has 0 radical (unpaired) electrons. The number of thiophene rings is 1. The molecular formula is C24H30N4O5S. The van der Waals surface area contributed by atoms with E-state index in [-0.39, 0.29) is 42.0 Å². The van der Waals surface area contributed by atoms with E-state index in [1.54, 1.807) is 16.2 Å².